The minimum Gasteiger partial charge on any atom is -0.503 e. The third-order valence-corrected chi connectivity index (χ3v) is 3.11. The van der Waals surface area contributed by atoms with Gasteiger partial charge < -0.3 is 19.3 Å². The smallest absolute Gasteiger partial charge is 0.223 e. The van der Waals surface area contributed by atoms with E-state index in [-0.39, 0.29) is 22.4 Å². The molecule has 0 saturated carbocycles. The van der Waals surface area contributed by atoms with Gasteiger partial charge in [0.25, 0.3) is 0 Å². The van der Waals surface area contributed by atoms with Crippen LogP contribution in [0, 0.1) is 13.8 Å². The Labute approximate surface area is 116 Å². The van der Waals surface area contributed by atoms with Gasteiger partial charge in [0.15, 0.2) is 11.5 Å². The van der Waals surface area contributed by atoms with Crippen molar-refractivity contribution in [3.05, 3.63) is 56.4 Å². The van der Waals surface area contributed by atoms with Crippen LogP contribution in [0.15, 0.2) is 34.1 Å². The molecule has 2 aromatic heterocycles. The largest absolute Gasteiger partial charge is 0.503 e. The molecule has 0 radical (unpaired) electrons. The topological polar surface area (TPSA) is 84.5 Å². The van der Waals surface area contributed by atoms with Crippen LogP contribution >= 0.6 is 0 Å². The molecule has 2 N–H and O–H groups in total. The summed E-state index contributed by atoms with van der Waals surface area (Å²) in [6, 6.07) is 2.67. The second-order valence-electron chi connectivity index (χ2n) is 4.45. The molecule has 0 spiro atoms. The third kappa shape index (κ3) is 3.28. The molecular weight excluding hydrogens is 260 g/mol. The van der Waals surface area contributed by atoms with Gasteiger partial charge in [-0.2, -0.15) is 0 Å². The molecule has 0 fully saturated rings. The molecule has 6 heteroatoms. The fourth-order valence-electron chi connectivity index (χ4n) is 1.43. The molecule has 2 rings (SSSR count). The van der Waals surface area contributed by atoms with Crippen molar-refractivity contribution >= 4 is 0 Å². The normalized spacial score (nSPS) is 9.80. The van der Waals surface area contributed by atoms with Gasteiger partial charge in [0, 0.05) is 38.6 Å². The van der Waals surface area contributed by atoms with E-state index in [2.05, 4.69) is 0 Å². The second kappa shape index (κ2) is 6.10. The number of hydrogen-bond donors (Lipinski definition) is 2. The zero-order valence-corrected chi connectivity index (χ0v) is 11.9. The molecule has 0 unspecified atom stereocenters. The number of rotatable bonds is 0. The van der Waals surface area contributed by atoms with E-state index in [0.29, 0.717) is 11.4 Å². The molecule has 108 valence electrons. The summed E-state index contributed by atoms with van der Waals surface area (Å²) in [5, 5.41) is 18.1. The summed E-state index contributed by atoms with van der Waals surface area (Å²) >= 11 is 0. The lowest BCUT2D eigenvalue weighted by Crippen LogP contribution is -2.06. The van der Waals surface area contributed by atoms with Crippen LogP contribution < -0.4 is 10.9 Å². The summed E-state index contributed by atoms with van der Waals surface area (Å²) in [7, 11) is 3.54. The highest BCUT2D eigenvalue weighted by Gasteiger charge is 2.01. The maximum Gasteiger partial charge on any atom is 0.223 e. The van der Waals surface area contributed by atoms with Crippen LogP contribution in [-0.4, -0.2) is 19.3 Å². The SMILES string of the molecule is Cc1c(O)c(=O)ccn1C.Cc1c(O)c(=O)ccn1C. The molecule has 0 amide bonds. The van der Waals surface area contributed by atoms with Crippen molar-refractivity contribution in [3.8, 4) is 11.5 Å². The molecule has 0 bridgehead atoms. The number of nitrogens with zero attached hydrogens (tertiary/aromatic N) is 2. The molecule has 2 heterocycles. The number of aromatic hydroxyl groups is 2. The predicted octanol–water partition coefficient (Wildman–Crippen LogP) is 0.799. The van der Waals surface area contributed by atoms with E-state index in [0.717, 1.165) is 0 Å². The standard InChI is InChI=1S/2C7H9NO2/c2*1-5-7(10)6(9)3-4-8(5)2/h2*3-4,10H,1-2H3. The van der Waals surface area contributed by atoms with Crippen LogP contribution in [0.25, 0.3) is 0 Å². The summed E-state index contributed by atoms with van der Waals surface area (Å²) in [6.07, 6.45) is 3.24. The van der Waals surface area contributed by atoms with Crippen molar-refractivity contribution in [2.45, 2.75) is 13.8 Å². The van der Waals surface area contributed by atoms with Gasteiger partial charge in [0.2, 0.25) is 10.9 Å². The number of pyridine rings is 2. The average Bonchev–Trinajstić information content (AvgIpc) is 2.43. The van der Waals surface area contributed by atoms with Crippen molar-refractivity contribution in [3.63, 3.8) is 0 Å². The number of hydrogen-bond acceptors (Lipinski definition) is 4. The van der Waals surface area contributed by atoms with Gasteiger partial charge in [0.1, 0.15) is 0 Å². The highest BCUT2D eigenvalue weighted by atomic mass is 16.3. The van der Waals surface area contributed by atoms with Crippen LogP contribution in [0.2, 0.25) is 0 Å². The van der Waals surface area contributed by atoms with E-state index in [9.17, 15) is 9.59 Å². The Morgan fingerprint density at radius 2 is 1.10 bits per heavy atom. The molecule has 0 saturated heterocycles. The highest BCUT2D eigenvalue weighted by Crippen LogP contribution is 2.06. The first-order valence-corrected chi connectivity index (χ1v) is 5.96. The first-order valence-electron chi connectivity index (χ1n) is 5.96. The minimum absolute atomic E-state index is 0.162. The lowest BCUT2D eigenvalue weighted by atomic mass is 10.3. The molecule has 0 aliphatic heterocycles. The summed E-state index contributed by atoms with van der Waals surface area (Å²) in [6.45, 7) is 3.38. The molecule has 6 nitrogen and oxygen atoms in total. The summed E-state index contributed by atoms with van der Waals surface area (Å²) in [5.74, 6) is -0.324. The van der Waals surface area contributed by atoms with Crippen LogP contribution in [0.4, 0.5) is 0 Å². The van der Waals surface area contributed by atoms with E-state index in [1.165, 1.54) is 12.1 Å². The van der Waals surface area contributed by atoms with Crippen molar-refractivity contribution in [1.82, 2.24) is 9.13 Å². The lowest BCUT2D eigenvalue weighted by molar-refractivity contribution is 0.457. The fraction of sp³-hybridized carbons (Fsp3) is 0.286. The predicted molar refractivity (Wildman–Crippen MR) is 76.2 cm³/mol. The quantitative estimate of drug-likeness (QED) is 0.746. The highest BCUT2D eigenvalue weighted by molar-refractivity contribution is 5.25. The van der Waals surface area contributed by atoms with Crippen molar-refractivity contribution in [2.75, 3.05) is 0 Å². The minimum atomic E-state index is -0.324. The molecule has 0 aliphatic rings. The summed E-state index contributed by atoms with van der Waals surface area (Å²) in [4.78, 5) is 21.5. The Morgan fingerprint density at radius 3 is 1.35 bits per heavy atom. The van der Waals surface area contributed by atoms with E-state index in [1.54, 1.807) is 49.5 Å². The number of aryl methyl sites for hydroxylation is 2. The molecule has 0 aromatic carbocycles. The Morgan fingerprint density at radius 1 is 0.800 bits per heavy atom. The molecule has 20 heavy (non-hydrogen) atoms. The van der Waals surface area contributed by atoms with Crippen LogP contribution in [0.5, 0.6) is 11.5 Å². The van der Waals surface area contributed by atoms with Gasteiger partial charge in [-0.15, -0.1) is 0 Å². The molecule has 0 atom stereocenters. The van der Waals surface area contributed by atoms with Gasteiger partial charge in [-0.25, -0.2) is 0 Å². The monoisotopic (exact) mass is 278 g/mol. The molecular formula is C14H18N2O4. The summed E-state index contributed by atoms with van der Waals surface area (Å²) in [5.41, 5.74) is 0.534. The Balaban J connectivity index is 0.000000200. The first kappa shape index (κ1) is 15.6. The first-order chi connectivity index (χ1) is 9.25. The third-order valence-electron chi connectivity index (χ3n) is 3.11. The lowest BCUT2D eigenvalue weighted by Gasteiger charge is -2.02. The van der Waals surface area contributed by atoms with E-state index in [1.807, 2.05) is 0 Å². The van der Waals surface area contributed by atoms with Crippen LogP contribution in [0.3, 0.4) is 0 Å². The van der Waals surface area contributed by atoms with Gasteiger partial charge in [0.05, 0.1) is 11.4 Å². The van der Waals surface area contributed by atoms with Gasteiger partial charge in [-0.1, -0.05) is 0 Å². The van der Waals surface area contributed by atoms with Crippen LogP contribution in [-0.2, 0) is 14.1 Å². The Kier molecular flexibility index (Phi) is 4.74. The summed E-state index contributed by atoms with van der Waals surface area (Å²) < 4.78 is 3.38. The van der Waals surface area contributed by atoms with E-state index in [4.69, 9.17) is 10.2 Å². The van der Waals surface area contributed by atoms with Gasteiger partial charge in [-0.05, 0) is 13.8 Å². The van der Waals surface area contributed by atoms with Crippen molar-refractivity contribution in [2.24, 2.45) is 14.1 Å². The van der Waals surface area contributed by atoms with Crippen molar-refractivity contribution < 1.29 is 10.2 Å². The van der Waals surface area contributed by atoms with Gasteiger partial charge in [-0.3, -0.25) is 9.59 Å². The van der Waals surface area contributed by atoms with E-state index >= 15 is 0 Å². The molecule has 0 aliphatic carbocycles. The molecule has 2 aromatic rings. The second-order valence-corrected chi connectivity index (χ2v) is 4.45. The number of aromatic nitrogens is 2. The van der Waals surface area contributed by atoms with Gasteiger partial charge >= 0.3 is 0 Å². The van der Waals surface area contributed by atoms with Crippen molar-refractivity contribution in [1.29, 1.82) is 0 Å². The fourth-order valence-corrected chi connectivity index (χ4v) is 1.43. The van der Waals surface area contributed by atoms with Crippen LogP contribution in [0.1, 0.15) is 11.4 Å². The Hall–Kier alpha value is -2.50. The maximum atomic E-state index is 10.7. The average molecular weight is 278 g/mol. The zero-order valence-electron chi connectivity index (χ0n) is 11.9. The van der Waals surface area contributed by atoms with E-state index < -0.39 is 0 Å². The maximum absolute atomic E-state index is 10.7. The Bertz CT molecular complexity index is 665. The zero-order chi connectivity index (χ0) is 15.4.